The largest absolute Gasteiger partial charge is 0.390 e. The van der Waals surface area contributed by atoms with Gasteiger partial charge in [0.1, 0.15) is 18.3 Å². The van der Waals surface area contributed by atoms with Gasteiger partial charge >= 0.3 is 0 Å². The van der Waals surface area contributed by atoms with Crippen LogP contribution < -0.4 is 0 Å². The van der Waals surface area contributed by atoms with Crippen molar-refractivity contribution in [2.24, 2.45) is 0 Å². The standard InChI is InChI=1S/C19H25NO4S2/c1-4-7-13(21)16(22)17-14(23-19(2,3)24-17)10-11-25-18-20-12-8-5-6-9-15(12)26-18/h5-6,8-11,13-14,16-17,21-22H,4,7H2,1-3H3/b11-10+/t13-,14-,16-,17-/m0/s1. The number of aliphatic hydroxyl groups is 2. The molecule has 0 unspecified atom stereocenters. The van der Waals surface area contributed by atoms with Crippen molar-refractivity contribution in [2.75, 3.05) is 0 Å². The van der Waals surface area contributed by atoms with Crippen molar-refractivity contribution in [1.82, 2.24) is 4.98 Å². The van der Waals surface area contributed by atoms with E-state index in [4.69, 9.17) is 9.47 Å². The Labute approximate surface area is 162 Å². The van der Waals surface area contributed by atoms with Gasteiger partial charge in [0, 0.05) is 0 Å². The summed E-state index contributed by atoms with van der Waals surface area (Å²) in [6.07, 6.45) is 0.362. The predicted octanol–water partition coefficient (Wildman–Crippen LogP) is 3.94. The number of thiazole rings is 1. The molecule has 1 fully saturated rings. The second-order valence-electron chi connectivity index (χ2n) is 6.81. The van der Waals surface area contributed by atoms with Crippen molar-refractivity contribution in [3.05, 3.63) is 35.7 Å². The molecule has 2 heterocycles. The Bertz CT molecular complexity index is 728. The summed E-state index contributed by atoms with van der Waals surface area (Å²) in [7, 11) is 0. The van der Waals surface area contributed by atoms with Crippen molar-refractivity contribution in [1.29, 1.82) is 0 Å². The summed E-state index contributed by atoms with van der Waals surface area (Å²) in [6.45, 7) is 5.60. The number of fused-ring (bicyclic) bond motifs is 1. The van der Waals surface area contributed by atoms with Gasteiger partial charge in [0.05, 0.1) is 16.3 Å². The van der Waals surface area contributed by atoms with Gasteiger partial charge in [-0.05, 0) is 43.9 Å². The van der Waals surface area contributed by atoms with E-state index >= 15 is 0 Å². The molecule has 1 aromatic carbocycles. The van der Waals surface area contributed by atoms with Gasteiger partial charge < -0.3 is 19.7 Å². The molecule has 1 saturated heterocycles. The molecule has 1 aromatic heterocycles. The van der Waals surface area contributed by atoms with E-state index in [1.165, 1.54) is 11.8 Å². The quantitative estimate of drug-likeness (QED) is 0.692. The van der Waals surface area contributed by atoms with Crippen LogP contribution in [0.3, 0.4) is 0 Å². The third-order valence-electron chi connectivity index (χ3n) is 4.19. The minimum atomic E-state index is -0.987. The van der Waals surface area contributed by atoms with E-state index in [9.17, 15) is 10.2 Å². The van der Waals surface area contributed by atoms with Crippen LogP contribution >= 0.6 is 23.1 Å². The molecule has 7 heteroatoms. The van der Waals surface area contributed by atoms with Gasteiger partial charge in [0.25, 0.3) is 0 Å². The lowest BCUT2D eigenvalue weighted by Crippen LogP contribution is -2.42. The Morgan fingerprint density at radius 2 is 2.08 bits per heavy atom. The Kier molecular flexibility index (Phi) is 6.37. The van der Waals surface area contributed by atoms with Crippen LogP contribution in [0.2, 0.25) is 0 Å². The van der Waals surface area contributed by atoms with Crippen LogP contribution in [0.1, 0.15) is 33.6 Å². The number of hydrogen-bond donors (Lipinski definition) is 2. The molecular weight excluding hydrogens is 370 g/mol. The van der Waals surface area contributed by atoms with Gasteiger partial charge in [0.2, 0.25) is 0 Å². The van der Waals surface area contributed by atoms with E-state index in [0.717, 1.165) is 21.0 Å². The van der Waals surface area contributed by atoms with Crippen LogP contribution in [0.5, 0.6) is 0 Å². The number of benzene rings is 1. The average molecular weight is 396 g/mol. The molecule has 1 aliphatic rings. The molecule has 0 amide bonds. The SMILES string of the molecule is CCC[C@H](O)[C@H](O)[C@H]1OC(C)(C)O[C@H]1/C=C/Sc1nc2ccccc2s1. The molecule has 2 aromatic rings. The molecule has 0 saturated carbocycles. The van der Waals surface area contributed by atoms with Crippen LogP contribution in [-0.4, -0.2) is 45.4 Å². The third-order valence-corrected chi connectivity index (χ3v) is 6.15. The van der Waals surface area contributed by atoms with Crippen molar-refractivity contribution in [3.63, 3.8) is 0 Å². The number of aromatic nitrogens is 1. The van der Waals surface area contributed by atoms with Crippen molar-refractivity contribution < 1.29 is 19.7 Å². The second-order valence-corrected chi connectivity index (χ2v) is 8.99. The maximum atomic E-state index is 10.5. The lowest BCUT2D eigenvalue weighted by atomic mass is 10.00. The average Bonchev–Trinajstić information content (AvgIpc) is 3.14. The number of hydrogen-bond acceptors (Lipinski definition) is 7. The van der Waals surface area contributed by atoms with Crippen LogP contribution in [0, 0.1) is 0 Å². The minimum Gasteiger partial charge on any atom is -0.390 e. The highest BCUT2D eigenvalue weighted by Crippen LogP contribution is 2.34. The molecule has 1 aliphatic heterocycles. The number of thioether (sulfide) groups is 1. The van der Waals surface area contributed by atoms with Crippen LogP contribution in [0.15, 0.2) is 40.1 Å². The Hall–Kier alpha value is -0.960. The number of rotatable bonds is 7. The predicted molar refractivity (Wildman–Crippen MR) is 105 cm³/mol. The molecule has 142 valence electrons. The van der Waals surface area contributed by atoms with E-state index < -0.39 is 30.2 Å². The lowest BCUT2D eigenvalue weighted by molar-refractivity contribution is -0.161. The summed E-state index contributed by atoms with van der Waals surface area (Å²) in [5.74, 6) is -0.798. The third kappa shape index (κ3) is 4.65. The first kappa shape index (κ1) is 19.8. The van der Waals surface area contributed by atoms with E-state index in [0.29, 0.717) is 6.42 Å². The fraction of sp³-hybridized carbons (Fsp3) is 0.526. The molecule has 0 radical (unpaired) electrons. The van der Waals surface area contributed by atoms with Gasteiger partial charge in [-0.3, -0.25) is 0 Å². The second kappa shape index (κ2) is 8.37. The summed E-state index contributed by atoms with van der Waals surface area (Å²) < 4.78 is 13.8. The summed E-state index contributed by atoms with van der Waals surface area (Å²) in [5.41, 5.74) is 0.992. The summed E-state index contributed by atoms with van der Waals surface area (Å²) in [5, 5.41) is 22.5. The summed E-state index contributed by atoms with van der Waals surface area (Å²) in [4.78, 5) is 4.58. The molecule has 0 spiro atoms. The van der Waals surface area contributed by atoms with E-state index in [2.05, 4.69) is 11.1 Å². The lowest BCUT2D eigenvalue weighted by Gasteiger charge is -2.25. The molecule has 0 bridgehead atoms. The van der Waals surface area contributed by atoms with Gasteiger partial charge in [-0.15, -0.1) is 11.3 Å². The molecule has 5 nitrogen and oxygen atoms in total. The van der Waals surface area contributed by atoms with Gasteiger partial charge in [-0.1, -0.05) is 37.2 Å². The fourth-order valence-electron chi connectivity index (χ4n) is 2.99. The Morgan fingerprint density at radius 3 is 2.81 bits per heavy atom. The molecule has 4 atom stereocenters. The molecule has 26 heavy (non-hydrogen) atoms. The van der Waals surface area contributed by atoms with Gasteiger partial charge in [0.15, 0.2) is 10.1 Å². The number of aliphatic hydroxyl groups excluding tert-OH is 2. The molecule has 3 rings (SSSR count). The number of nitrogens with zero attached hydrogens (tertiary/aromatic N) is 1. The Balaban J connectivity index is 1.68. The van der Waals surface area contributed by atoms with Gasteiger partial charge in [-0.2, -0.15) is 0 Å². The van der Waals surface area contributed by atoms with Gasteiger partial charge in [-0.25, -0.2) is 4.98 Å². The topological polar surface area (TPSA) is 71.8 Å². The smallest absolute Gasteiger partial charge is 0.164 e. The number of ether oxygens (including phenoxy) is 2. The monoisotopic (exact) mass is 395 g/mol. The molecule has 2 N–H and O–H groups in total. The highest BCUT2D eigenvalue weighted by molar-refractivity contribution is 8.03. The highest BCUT2D eigenvalue weighted by atomic mass is 32.2. The Morgan fingerprint density at radius 1 is 1.31 bits per heavy atom. The first-order chi connectivity index (χ1) is 12.4. The highest BCUT2D eigenvalue weighted by Gasteiger charge is 2.45. The van der Waals surface area contributed by atoms with Crippen molar-refractivity contribution in [2.45, 2.75) is 68.2 Å². The van der Waals surface area contributed by atoms with Crippen LogP contribution in [-0.2, 0) is 9.47 Å². The zero-order valence-electron chi connectivity index (χ0n) is 15.2. The van der Waals surface area contributed by atoms with Crippen LogP contribution in [0.25, 0.3) is 10.2 Å². The number of para-hydroxylation sites is 1. The van der Waals surface area contributed by atoms with E-state index in [1.54, 1.807) is 11.3 Å². The first-order valence-electron chi connectivity index (χ1n) is 8.80. The first-order valence-corrected chi connectivity index (χ1v) is 10.5. The van der Waals surface area contributed by atoms with Crippen molar-refractivity contribution in [3.8, 4) is 0 Å². The van der Waals surface area contributed by atoms with Crippen molar-refractivity contribution >= 4 is 33.3 Å². The summed E-state index contributed by atoms with van der Waals surface area (Å²) in [6, 6.07) is 8.03. The minimum absolute atomic E-state index is 0.423. The fourth-order valence-corrected chi connectivity index (χ4v) is 4.82. The summed E-state index contributed by atoms with van der Waals surface area (Å²) >= 11 is 3.15. The van der Waals surface area contributed by atoms with E-state index in [-0.39, 0.29) is 0 Å². The maximum absolute atomic E-state index is 10.5. The zero-order chi connectivity index (χ0) is 18.7. The van der Waals surface area contributed by atoms with E-state index in [1.807, 2.05) is 50.5 Å². The molecular formula is C19H25NO4S2. The maximum Gasteiger partial charge on any atom is 0.164 e. The normalized spacial score (nSPS) is 25.1. The van der Waals surface area contributed by atoms with Crippen LogP contribution in [0.4, 0.5) is 0 Å². The zero-order valence-corrected chi connectivity index (χ0v) is 16.8. The molecule has 0 aliphatic carbocycles.